The van der Waals surface area contributed by atoms with Gasteiger partial charge in [0.25, 0.3) is 0 Å². The summed E-state index contributed by atoms with van der Waals surface area (Å²) in [6.07, 6.45) is 1.16. The minimum Gasteiger partial charge on any atom is -0.325 e. The van der Waals surface area contributed by atoms with E-state index in [9.17, 15) is 13.2 Å². The number of hydrogen-bond donors (Lipinski definition) is 1. The lowest BCUT2D eigenvalue weighted by Crippen LogP contribution is -2.15. The van der Waals surface area contributed by atoms with Crippen molar-refractivity contribution in [2.24, 2.45) is 0 Å². The Balaban J connectivity index is 1.67. The van der Waals surface area contributed by atoms with E-state index < -0.39 is 9.84 Å². The van der Waals surface area contributed by atoms with Gasteiger partial charge in [0.1, 0.15) is 0 Å². The van der Waals surface area contributed by atoms with Gasteiger partial charge < -0.3 is 5.32 Å². The predicted molar refractivity (Wildman–Crippen MR) is 115 cm³/mol. The van der Waals surface area contributed by atoms with Crippen molar-refractivity contribution in [3.05, 3.63) is 96.1 Å². The summed E-state index contributed by atoms with van der Waals surface area (Å²) in [6.45, 7) is 0. The third-order valence-electron chi connectivity index (χ3n) is 4.15. The fourth-order valence-electron chi connectivity index (χ4n) is 2.78. The maximum absolute atomic E-state index is 12.4. The van der Waals surface area contributed by atoms with Crippen molar-refractivity contribution in [2.75, 3.05) is 17.3 Å². The highest BCUT2D eigenvalue weighted by Crippen LogP contribution is 2.35. The van der Waals surface area contributed by atoms with E-state index in [4.69, 9.17) is 0 Å². The smallest absolute Gasteiger partial charge is 0.234 e. The van der Waals surface area contributed by atoms with E-state index in [2.05, 4.69) is 29.6 Å². The molecule has 0 aromatic heterocycles. The zero-order chi connectivity index (χ0) is 20.0. The number of rotatable bonds is 7. The summed E-state index contributed by atoms with van der Waals surface area (Å²) < 4.78 is 23.0. The minimum atomic E-state index is -3.25. The maximum atomic E-state index is 12.4. The Morgan fingerprint density at radius 2 is 1.36 bits per heavy atom. The molecule has 0 heterocycles. The van der Waals surface area contributed by atoms with Crippen molar-refractivity contribution in [2.45, 2.75) is 10.1 Å². The van der Waals surface area contributed by atoms with Crippen LogP contribution in [0.3, 0.4) is 0 Å². The first kappa shape index (κ1) is 20.2. The zero-order valence-corrected chi connectivity index (χ0v) is 17.0. The largest absolute Gasteiger partial charge is 0.325 e. The van der Waals surface area contributed by atoms with Crippen molar-refractivity contribution >= 4 is 33.2 Å². The molecule has 0 atom stereocenters. The van der Waals surface area contributed by atoms with Crippen LogP contribution in [0.5, 0.6) is 0 Å². The molecular formula is C22H21NO3S2. The number of hydrogen-bond acceptors (Lipinski definition) is 4. The molecule has 0 saturated carbocycles. The first-order chi connectivity index (χ1) is 13.4. The van der Waals surface area contributed by atoms with Crippen LogP contribution in [-0.4, -0.2) is 26.3 Å². The molecule has 6 heteroatoms. The molecule has 3 aromatic rings. The molecule has 144 valence electrons. The van der Waals surface area contributed by atoms with Crippen molar-refractivity contribution in [1.29, 1.82) is 0 Å². The lowest BCUT2D eigenvalue weighted by Gasteiger charge is -2.17. The third kappa shape index (κ3) is 5.47. The van der Waals surface area contributed by atoms with Gasteiger partial charge in [-0.05, 0) is 35.4 Å². The number of benzene rings is 3. The van der Waals surface area contributed by atoms with E-state index in [1.54, 1.807) is 23.9 Å². The number of nitrogens with one attached hydrogen (secondary N) is 1. The Morgan fingerprint density at radius 3 is 1.82 bits per heavy atom. The molecule has 0 saturated heterocycles. The fourth-order valence-corrected chi connectivity index (χ4v) is 4.50. The fraction of sp³-hybridized carbons (Fsp3) is 0.136. The second-order valence-corrected chi connectivity index (χ2v) is 9.47. The van der Waals surface area contributed by atoms with Gasteiger partial charge in [0.2, 0.25) is 5.91 Å². The molecular weight excluding hydrogens is 390 g/mol. The van der Waals surface area contributed by atoms with Gasteiger partial charge in [0, 0.05) is 11.9 Å². The second kappa shape index (κ2) is 9.08. The molecule has 0 spiro atoms. The van der Waals surface area contributed by atoms with Gasteiger partial charge in [0.15, 0.2) is 9.84 Å². The van der Waals surface area contributed by atoms with Gasteiger partial charge in [-0.3, -0.25) is 4.79 Å². The second-order valence-electron chi connectivity index (χ2n) is 6.36. The highest BCUT2D eigenvalue weighted by molar-refractivity contribution is 8.00. The molecule has 28 heavy (non-hydrogen) atoms. The summed E-state index contributed by atoms with van der Waals surface area (Å²) >= 11 is 1.55. The molecule has 0 bridgehead atoms. The summed E-state index contributed by atoms with van der Waals surface area (Å²) in [7, 11) is -3.25. The van der Waals surface area contributed by atoms with E-state index in [-0.39, 0.29) is 21.8 Å². The van der Waals surface area contributed by atoms with E-state index in [1.165, 1.54) is 12.1 Å². The number of amides is 1. The van der Waals surface area contributed by atoms with Crippen LogP contribution in [0, 0.1) is 0 Å². The highest BCUT2D eigenvalue weighted by Gasteiger charge is 2.16. The van der Waals surface area contributed by atoms with E-state index in [1.807, 2.05) is 36.4 Å². The van der Waals surface area contributed by atoms with Crippen LogP contribution in [0.2, 0.25) is 0 Å². The van der Waals surface area contributed by atoms with Crippen LogP contribution in [0.25, 0.3) is 0 Å². The van der Waals surface area contributed by atoms with Crippen molar-refractivity contribution in [3.8, 4) is 0 Å². The van der Waals surface area contributed by atoms with Crippen LogP contribution < -0.4 is 5.32 Å². The molecule has 0 fully saturated rings. The quantitative estimate of drug-likeness (QED) is 0.619. The molecule has 0 unspecified atom stereocenters. The van der Waals surface area contributed by atoms with Crippen molar-refractivity contribution in [3.63, 3.8) is 0 Å². The molecule has 0 aliphatic carbocycles. The number of anilines is 1. The van der Waals surface area contributed by atoms with Gasteiger partial charge in [-0.1, -0.05) is 60.7 Å². The Kier molecular flexibility index (Phi) is 6.54. The predicted octanol–water partition coefficient (Wildman–Crippen LogP) is 4.55. The van der Waals surface area contributed by atoms with Crippen molar-refractivity contribution < 1.29 is 13.2 Å². The summed E-state index contributed by atoms with van der Waals surface area (Å²) in [4.78, 5) is 12.6. The lowest BCUT2D eigenvalue weighted by molar-refractivity contribution is -0.113. The molecule has 3 rings (SSSR count). The normalized spacial score (nSPS) is 11.4. The molecule has 3 aromatic carbocycles. The number of carbonyl (C=O) groups is 1. The van der Waals surface area contributed by atoms with Crippen LogP contribution >= 0.6 is 11.8 Å². The average molecular weight is 412 g/mol. The monoisotopic (exact) mass is 411 g/mol. The van der Waals surface area contributed by atoms with Crippen molar-refractivity contribution in [1.82, 2.24) is 0 Å². The molecule has 0 radical (unpaired) electrons. The summed E-state index contributed by atoms with van der Waals surface area (Å²) in [5.74, 6) is 0.149. The molecule has 0 aliphatic heterocycles. The van der Waals surface area contributed by atoms with E-state index in [0.717, 1.165) is 17.4 Å². The maximum Gasteiger partial charge on any atom is 0.234 e. The van der Waals surface area contributed by atoms with Gasteiger partial charge >= 0.3 is 0 Å². The molecule has 0 aliphatic rings. The lowest BCUT2D eigenvalue weighted by atomic mass is 10.0. The van der Waals surface area contributed by atoms with Gasteiger partial charge in [-0.2, -0.15) is 0 Å². The number of carbonyl (C=O) groups excluding carboxylic acids is 1. The Bertz CT molecular complexity index is 979. The standard InChI is InChI=1S/C22H21NO3S2/c1-28(25,26)20-14-12-19(13-15-20)23-21(24)16-27-22(17-8-4-2-5-9-17)18-10-6-3-7-11-18/h2-15,22H,16H2,1H3,(H,23,24). The van der Waals surface area contributed by atoms with Crippen LogP contribution in [-0.2, 0) is 14.6 Å². The summed E-state index contributed by atoms with van der Waals surface area (Å²) in [5.41, 5.74) is 2.86. The molecule has 1 amide bonds. The summed E-state index contributed by atoms with van der Waals surface area (Å²) in [6, 6.07) is 26.4. The van der Waals surface area contributed by atoms with Gasteiger partial charge in [-0.25, -0.2) is 8.42 Å². The Morgan fingerprint density at radius 1 is 0.857 bits per heavy atom. The number of thioether (sulfide) groups is 1. The third-order valence-corrected chi connectivity index (χ3v) is 6.59. The first-order valence-electron chi connectivity index (χ1n) is 8.75. The average Bonchev–Trinajstić information content (AvgIpc) is 2.69. The Hall–Kier alpha value is -2.57. The molecule has 1 N–H and O–H groups in total. The van der Waals surface area contributed by atoms with Crippen LogP contribution in [0.15, 0.2) is 89.8 Å². The van der Waals surface area contributed by atoms with Gasteiger partial charge in [-0.15, -0.1) is 11.8 Å². The van der Waals surface area contributed by atoms with Gasteiger partial charge in [0.05, 0.1) is 15.9 Å². The Labute approximate surface area is 169 Å². The first-order valence-corrected chi connectivity index (χ1v) is 11.7. The highest BCUT2D eigenvalue weighted by atomic mass is 32.2. The molecule has 4 nitrogen and oxygen atoms in total. The minimum absolute atomic E-state index is 0.0563. The van der Waals surface area contributed by atoms with E-state index in [0.29, 0.717) is 5.69 Å². The summed E-state index contributed by atoms with van der Waals surface area (Å²) in [5, 5.41) is 2.88. The van der Waals surface area contributed by atoms with Crippen LogP contribution in [0.4, 0.5) is 5.69 Å². The van der Waals surface area contributed by atoms with E-state index >= 15 is 0 Å². The van der Waals surface area contributed by atoms with Crippen LogP contribution in [0.1, 0.15) is 16.4 Å². The number of sulfone groups is 1. The topological polar surface area (TPSA) is 63.2 Å². The zero-order valence-electron chi connectivity index (χ0n) is 15.4. The SMILES string of the molecule is CS(=O)(=O)c1ccc(NC(=O)CSC(c2ccccc2)c2ccccc2)cc1.